The van der Waals surface area contributed by atoms with Gasteiger partial charge >= 0.3 is 0 Å². The number of methoxy groups -OCH3 is 2. The molecule has 2 rings (SSSR count). The van der Waals surface area contributed by atoms with Crippen molar-refractivity contribution in [2.45, 2.75) is 0 Å². The molecule has 0 aliphatic carbocycles. The van der Waals surface area contributed by atoms with Gasteiger partial charge in [-0.25, -0.2) is 0 Å². The second-order valence-electron chi connectivity index (χ2n) is 3.48. The summed E-state index contributed by atoms with van der Waals surface area (Å²) in [6.45, 7) is 0. The Morgan fingerprint density at radius 2 is 1.71 bits per heavy atom. The molecule has 1 heterocycles. The van der Waals surface area contributed by atoms with Gasteiger partial charge in [0.25, 0.3) is 0 Å². The lowest BCUT2D eigenvalue weighted by Gasteiger charge is -2.12. The highest BCUT2D eigenvalue weighted by Gasteiger charge is 2.12. The minimum Gasteiger partial charge on any atom is -0.496 e. The summed E-state index contributed by atoms with van der Waals surface area (Å²) in [6.07, 6.45) is 1.60. The first-order valence-corrected chi connectivity index (χ1v) is 5.16. The van der Waals surface area contributed by atoms with Crippen LogP contribution in [0.25, 0.3) is 11.3 Å². The highest BCUT2D eigenvalue weighted by molar-refractivity contribution is 5.74. The van der Waals surface area contributed by atoms with Crippen LogP contribution in [0, 0.1) is 0 Å². The van der Waals surface area contributed by atoms with Crippen molar-refractivity contribution in [3.63, 3.8) is 0 Å². The zero-order valence-electron chi connectivity index (χ0n) is 9.69. The van der Waals surface area contributed by atoms with E-state index in [0.717, 1.165) is 5.56 Å². The van der Waals surface area contributed by atoms with Crippen LogP contribution in [-0.4, -0.2) is 19.2 Å². The molecule has 1 aromatic heterocycles. The first kappa shape index (κ1) is 11.3. The minimum absolute atomic E-state index is 0.0632. The van der Waals surface area contributed by atoms with E-state index in [0.29, 0.717) is 17.2 Å². The average molecular weight is 231 g/mol. The molecule has 0 amide bonds. The van der Waals surface area contributed by atoms with E-state index < -0.39 is 0 Å². The smallest absolute Gasteiger partial charge is 0.182 e. The predicted octanol–water partition coefficient (Wildman–Crippen LogP) is 2.06. The highest BCUT2D eigenvalue weighted by Crippen LogP contribution is 2.36. The Labute approximate surface area is 98.8 Å². The Hall–Kier alpha value is -2.23. The lowest BCUT2D eigenvalue weighted by Crippen LogP contribution is -2.00. The largest absolute Gasteiger partial charge is 0.496 e. The number of H-pyrrole nitrogens is 1. The summed E-state index contributed by atoms with van der Waals surface area (Å²) in [4.78, 5) is 14.4. The Kier molecular flexibility index (Phi) is 3.14. The fraction of sp³-hybridized carbons (Fsp3) is 0.154. The molecule has 88 valence electrons. The van der Waals surface area contributed by atoms with Gasteiger partial charge in [0, 0.05) is 18.3 Å². The molecule has 0 fully saturated rings. The van der Waals surface area contributed by atoms with Gasteiger partial charge in [-0.15, -0.1) is 0 Å². The summed E-state index contributed by atoms with van der Waals surface area (Å²) in [5, 5.41) is 0. The molecule has 0 unspecified atom stereocenters. The Balaban J connectivity index is 2.68. The van der Waals surface area contributed by atoms with Gasteiger partial charge in [0.15, 0.2) is 5.43 Å². The molecule has 1 N–H and O–H groups in total. The monoisotopic (exact) mass is 231 g/mol. The lowest BCUT2D eigenvalue weighted by molar-refractivity contribution is 0.397. The molecule has 0 aliphatic rings. The van der Waals surface area contributed by atoms with Crippen LogP contribution in [0.5, 0.6) is 11.5 Å². The number of hydrogen-bond donors (Lipinski definition) is 1. The Bertz CT molecular complexity index is 553. The number of nitrogens with one attached hydrogen (secondary N) is 1. The average Bonchev–Trinajstić information content (AvgIpc) is 2.37. The van der Waals surface area contributed by atoms with Gasteiger partial charge in [-0.3, -0.25) is 4.79 Å². The lowest BCUT2D eigenvalue weighted by atomic mass is 10.1. The van der Waals surface area contributed by atoms with Crippen LogP contribution in [0.4, 0.5) is 0 Å². The predicted molar refractivity (Wildman–Crippen MR) is 65.6 cm³/mol. The van der Waals surface area contributed by atoms with E-state index in [4.69, 9.17) is 9.47 Å². The Morgan fingerprint density at radius 1 is 1.06 bits per heavy atom. The maximum absolute atomic E-state index is 11.4. The summed E-state index contributed by atoms with van der Waals surface area (Å²) < 4.78 is 10.6. The van der Waals surface area contributed by atoms with Crippen LogP contribution < -0.4 is 14.9 Å². The SMILES string of the molecule is COc1cccc(OC)c1-c1cc(=O)cc[nH]1. The van der Waals surface area contributed by atoms with Crippen LogP contribution in [0.15, 0.2) is 41.3 Å². The van der Waals surface area contributed by atoms with E-state index in [9.17, 15) is 4.79 Å². The third-order valence-corrected chi connectivity index (χ3v) is 2.47. The van der Waals surface area contributed by atoms with E-state index in [1.807, 2.05) is 18.2 Å². The van der Waals surface area contributed by atoms with Crippen molar-refractivity contribution in [1.29, 1.82) is 0 Å². The summed E-state index contributed by atoms with van der Waals surface area (Å²) in [5.41, 5.74) is 1.36. The summed E-state index contributed by atoms with van der Waals surface area (Å²) in [5.74, 6) is 1.32. The van der Waals surface area contributed by atoms with Crippen molar-refractivity contribution in [3.8, 4) is 22.8 Å². The van der Waals surface area contributed by atoms with Crippen molar-refractivity contribution in [3.05, 3.63) is 46.8 Å². The first-order valence-electron chi connectivity index (χ1n) is 5.16. The molecule has 1 aromatic carbocycles. The van der Waals surface area contributed by atoms with E-state index in [1.54, 1.807) is 20.4 Å². The molecule has 4 nitrogen and oxygen atoms in total. The van der Waals surface area contributed by atoms with E-state index in [1.165, 1.54) is 12.1 Å². The topological polar surface area (TPSA) is 51.3 Å². The van der Waals surface area contributed by atoms with Gasteiger partial charge in [0.05, 0.1) is 25.5 Å². The molecule has 0 radical (unpaired) electrons. The molecule has 0 saturated carbocycles. The Morgan fingerprint density at radius 3 is 2.24 bits per heavy atom. The first-order chi connectivity index (χ1) is 8.26. The number of aromatic amines is 1. The second-order valence-corrected chi connectivity index (χ2v) is 3.48. The molecule has 4 heteroatoms. The molecule has 0 atom stereocenters. The fourth-order valence-corrected chi connectivity index (χ4v) is 1.71. The third-order valence-electron chi connectivity index (χ3n) is 2.47. The zero-order valence-corrected chi connectivity index (χ0v) is 9.69. The maximum Gasteiger partial charge on any atom is 0.182 e. The zero-order chi connectivity index (χ0) is 12.3. The fourth-order valence-electron chi connectivity index (χ4n) is 1.71. The van der Waals surface area contributed by atoms with Crippen molar-refractivity contribution in [2.75, 3.05) is 14.2 Å². The van der Waals surface area contributed by atoms with Gasteiger partial charge in [0.2, 0.25) is 0 Å². The number of hydrogen-bond acceptors (Lipinski definition) is 3. The van der Waals surface area contributed by atoms with Crippen LogP contribution in [0.2, 0.25) is 0 Å². The van der Waals surface area contributed by atoms with Gasteiger partial charge in [-0.05, 0) is 12.1 Å². The second kappa shape index (κ2) is 4.74. The van der Waals surface area contributed by atoms with E-state index in [-0.39, 0.29) is 5.43 Å². The molecule has 0 aliphatic heterocycles. The molecular weight excluding hydrogens is 218 g/mol. The normalized spacial score (nSPS) is 10.0. The van der Waals surface area contributed by atoms with Gasteiger partial charge < -0.3 is 14.5 Å². The van der Waals surface area contributed by atoms with E-state index >= 15 is 0 Å². The van der Waals surface area contributed by atoms with Crippen LogP contribution in [0.3, 0.4) is 0 Å². The highest BCUT2D eigenvalue weighted by atomic mass is 16.5. The molecule has 2 aromatic rings. The summed E-state index contributed by atoms with van der Waals surface area (Å²) in [6, 6.07) is 8.46. The molecule has 0 spiro atoms. The van der Waals surface area contributed by atoms with Crippen molar-refractivity contribution in [2.24, 2.45) is 0 Å². The van der Waals surface area contributed by atoms with Crippen LogP contribution >= 0.6 is 0 Å². The molecule has 0 bridgehead atoms. The maximum atomic E-state index is 11.4. The van der Waals surface area contributed by atoms with Crippen molar-refractivity contribution >= 4 is 0 Å². The van der Waals surface area contributed by atoms with E-state index in [2.05, 4.69) is 4.98 Å². The van der Waals surface area contributed by atoms with Crippen molar-refractivity contribution < 1.29 is 9.47 Å². The van der Waals surface area contributed by atoms with Crippen molar-refractivity contribution in [1.82, 2.24) is 4.98 Å². The molecule has 17 heavy (non-hydrogen) atoms. The number of pyridine rings is 1. The number of rotatable bonds is 3. The summed E-state index contributed by atoms with van der Waals surface area (Å²) >= 11 is 0. The standard InChI is InChI=1S/C13H13NO3/c1-16-11-4-3-5-12(17-2)13(11)10-8-9(15)6-7-14-10/h3-8H,1-2H3,(H,14,15). The third kappa shape index (κ3) is 2.15. The van der Waals surface area contributed by atoms with Gasteiger partial charge in [0.1, 0.15) is 11.5 Å². The van der Waals surface area contributed by atoms with Crippen LogP contribution in [0.1, 0.15) is 0 Å². The minimum atomic E-state index is -0.0632. The van der Waals surface area contributed by atoms with Gasteiger partial charge in [-0.1, -0.05) is 6.07 Å². The molecule has 0 saturated heterocycles. The number of ether oxygens (including phenoxy) is 2. The van der Waals surface area contributed by atoms with Gasteiger partial charge in [-0.2, -0.15) is 0 Å². The quantitative estimate of drug-likeness (QED) is 0.879. The summed E-state index contributed by atoms with van der Waals surface area (Å²) in [7, 11) is 3.17. The number of benzene rings is 1. The van der Waals surface area contributed by atoms with Crippen LogP contribution in [-0.2, 0) is 0 Å². The number of aromatic nitrogens is 1. The molecular formula is C13H13NO3.